The van der Waals surface area contributed by atoms with Gasteiger partial charge >= 0.3 is 0 Å². The molecule has 1 fully saturated rings. The van der Waals surface area contributed by atoms with E-state index in [9.17, 15) is 0 Å². The summed E-state index contributed by atoms with van der Waals surface area (Å²) in [4.78, 5) is 9.65. The normalized spacial score (nSPS) is 15.7. The first-order valence-corrected chi connectivity index (χ1v) is 10.2. The molecule has 0 radical (unpaired) electrons. The van der Waals surface area contributed by atoms with Crippen LogP contribution in [0, 0.1) is 13.8 Å². The molecule has 1 aromatic heterocycles. The molecule has 3 rings (SSSR count). The third-order valence-corrected chi connectivity index (χ3v) is 5.30. The van der Waals surface area contributed by atoms with E-state index in [1.165, 1.54) is 11.1 Å². The Hall–Kier alpha value is -2.45. The molecule has 0 unspecified atom stereocenters. The fraction of sp³-hybridized carbons (Fsp3) is 0.571. The average Bonchev–Trinajstić information content (AvgIpc) is 3.03. The number of piperazine rings is 1. The Balaban J connectivity index is 1.59. The summed E-state index contributed by atoms with van der Waals surface area (Å²) in [6.45, 7) is 10.9. The number of ether oxygens (including phenoxy) is 1. The van der Waals surface area contributed by atoms with Gasteiger partial charge in [0.1, 0.15) is 12.4 Å². The van der Waals surface area contributed by atoms with Gasteiger partial charge in [-0.25, -0.2) is 4.99 Å². The van der Waals surface area contributed by atoms with Gasteiger partial charge in [-0.3, -0.25) is 4.90 Å². The zero-order valence-electron chi connectivity index (χ0n) is 18.1. The van der Waals surface area contributed by atoms with E-state index >= 15 is 0 Å². The molecular formula is C21H33N7O. The van der Waals surface area contributed by atoms with Crippen molar-refractivity contribution >= 4 is 5.96 Å². The second-order valence-corrected chi connectivity index (χ2v) is 7.53. The SMILES string of the molecule is COCCNC(=NCc1nnc(C)n1C)N1CCN(Cc2cccc(C)c2)CC1. The van der Waals surface area contributed by atoms with Crippen LogP contribution >= 0.6 is 0 Å². The second kappa shape index (κ2) is 10.4. The minimum Gasteiger partial charge on any atom is -0.383 e. The maximum absolute atomic E-state index is 5.19. The predicted molar refractivity (Wildman–Crippen MR) is 115 cm³/mol. The van der Waals surface area contributed by atoms with Crippen LogP contribution in [-0.2, 0) is 24.9 Å². The van der Waals surface area contributed by atoms with Gasteiger partial charge in [0, 0.05) is 53.4 Å². The quantitative estimate of drug-likeness (QED) is 0.430. The lowest BCUT2D eigenvalue weighted by atomic mass is 10.1. The topological polar surface area (TPSA) is 70.8 Å². The molecule has 1 saturated heterocycles. The van der Waals surface area contributed by atoms with Gasteiger partial charge in [0.2, 0.25) is 0 Å². The molecule has 0 aliphatic carbocycles. The fourth-order valence-corrected chi connectivity index (χ4v) is 3.45. The van der Waals surface area contributed by atoms with Gasteiger partial charge in [-0.2, -0.15) is 0 Å². The predicted octanol–water partition coefficient (Wildman–Crippen LogP) is 1.34. The summed E-state index contributed by atoms with van der Waals surface area (Å²) in [7, 11) is 3.69. The highest BCUT2D eigenvalue weighted by Crippen LogP contribution is 2.11. The molecular weight excluding hydrogens is 366 g/mol. The van der Waals surface area contributed by atoms with Crippen molar-refractivity contribution in [2.45, 2.75) is 26.9 Å². The number of nitrogens with one attached hydrogen (secondary N) is 1. The third-order valence-electron chi connectivity index (χ3n) is 5.30. The lowest BCUT2D eigenvalue weighted by Crippen LogP contribution is -2.52. The van der Waals surface area contributed by atoms with Crippen LogP contribution in [0.15, 0.2) is 29.3 Å². The molecule has 1 aliphatic rings. The molecule has 8 nitrogen and oxygen atoms in total. The fourth-order valence-electron chi connectivity index (χ4n) is 3.45. The van der Waals surface area contributed by atoms with Crippen LogP contribution in [0.5, 0.6) is 0 Å². The van der Waals surface area contributed by atoms with Crippen molar-refractivity contribution in [1.82, 2.24) is 29.9 Å². The molecule has 158 valence electrons. The number of hydrogen-bond donors (Lipinski definition) is 1. The van der Waals surface area contributed by atoms with E-state index in [0.29, 0.717) is 13.2 Å². The molecule has 29 heavy (non-hydrogen) atoms. The highest BCUT2D eigenvalue weighted by Gasteiger charge is 2.20. The lowest BCUT2D eigenvalue weighted by molar-refractivity contribution is 0.169. The minimum atomic E-state index is 0.510. The van der Waals surface area contributed by atoms with Crippen molar-refractivity contribution in [3.05, 3.63) is 47.0 Å². The molecule has 0 amide bonds. The van der Waals surface area contributed by atoms with E-state index in [1.54, 1.807) is 7.11 Å². The number of rotatable bonds is 7. The number of nitrogens with zero attached hydrogens (tertiary/aromatic N) is 6. The van der Waals surface area contributed by atoms with Gasteiger partial charge in [0.05, 0.1) is 6.61 Å². The first-order valence-electron chi connectivity index (χ1n) is 10.2. The average molecular weight is 400 g/mol. The van der Waals surface area contributed by atoms with E-state index in [0.717, 1.165) is 56.9 Å². The van der Waals surface area contributed by atoms with E-state index in [2.05, 4.69) is 56.5 Å². The van der Waals surface area contributed by atoms with Crippen LogP contribution < -0.4 is 5.32 Å². The molecule has 0 spiro atoms. The Labute approximate surface area is 173 Å². The van der Waals surface area contributed by atoms with Crippen LogP contribution in [0.3, 0.4) is 0 Å². The number of benzene rings is 1. The highest BCUT2D eigenvalue weighted by molar-refractivity contribution is 5.80. The molecule has 0 saturated carbocycles. The van der Waals surface area contributed by atoms with Crippen molar-refractivity contribution in [2.24, 2.45) is 12.0 Å². The molecule has 0 bridgehead atoms. The Kier molecular flexibility index (Phi) is 7.60. The van der Waals surface area contributed by atoms with Crippen LogP contribution in [0.25, 0.3) is 0 Å². The van der Waals surface area contributed by atoms with Gasteiger partial charge in [0.15, 0.2) is 11.8 Å². The molecule has 0 atom stereocenters. The zero-order valence-corrected chi connectivity index (χ0v) is 18.1. The maximum Gasteiger partial charge on any atom is 0.194 e. The van der Waals surface area contributed by atoms with Crippen molar-refractivity contribution in [3.63, 3.8) is 0 Å². The maximum atomic E-state index is 5.19. The first kappa shape index (κ1) is 21.3. The van der Waals surface area contributed by atoms with Gasteiger partial charge in [-0.15, -0.1) is 10.2 Å². The molecule has 8 heteroatoms. The van der Waals surface area contributed by atoms with Gasteiger partial charge < -0.3 is 19.5 Å². The summed E-state index contributed by atoms with van der Waals surface area (Å²) in [5, 5.41) is 11.8. The van der Waals surface area contributed by atoms with Crippen LogP contribution in [0.2, 0.25) is 0 Å². The molecule has 1 N–H and O–H groups in total. The number of methoxy groups -OCH3 is 1. The monoisotopic (exact) mass is 399 g/mol. The van der Waals surface area contributed by atoms with Crippen LogP contribution in [0.4, 0.5) is 0 Å². The Morgan fingerprint density at radius 2 is 1.97 bits per heavy atom. The zero-order chi connectivity index (χ0) is 20.6. The summed E-state index contributed by atoms with van der Waals surface area (Å²) in [5.41, 5.74) is 2.69. The molecule has 2 heterocycles. The summed E-state index contributed by atoms with van der Waals surface area (Å²) in [6, 6.07) is 8.77. The van der Waals surface area contributed by atoms with Crippen molar-refractivity contribution < 1.29 is 4.74 Å². The minimum absolute atomic E-state index is 0.510. The number of hydrogen-bond acceptors (Lipinski definition) is 5. The second-order valence-electron chi connectivity index (χ2n) is 7.53. The number of aryl methyl sites for hydroxylation is 2. The van der Waals surface area contributed by atoms with E-state index in [1.807, 2.05) is 18.5 Å². The smallest absolute Gasteiger partial charge is 0.194 e. The van der Waals surface area contributed by atoms with Gasteiger partial charge in [0.25, 0.3) is 0 Å². The number of guanidine groups is 1. The highest BCUT2D eigenvalue weighted by atomic mass is 16.5. The van der Waals surface area contributed by atoms with Crippen LogP contribution in [0.1, 0.15) is 22.8 Å². The number of aliphatic imine (C=N–C) groups is 1. The number of aromatic nitrogens is 3. The van der Waals surface area contributed by atoms with Gasteiger partial charge in [-0.05, 0) is 19.4 Å². The Bertz CT molecular complexity index is 809. The summed E-state index contributed by atoms with van der Waals surface area (Å²) in [5.74, 6) is 2.68. The summed E-state index contributed by atoms with van der Waals surface area (Å²) >= 11 is 0. The van der Waals surface area contributed by atoms with E-state index < -0.39 is 0 Å². The third kappa shape index (κ3) is 6.01. The van der Waals surface area contributed by atoms with E-state index in [4.69, 9.17) is 9.73 Å². The first-order chi connectivity index (χ1) is 14.1. The standard InChI is InChI=1S/C21H33N7O/c1-17-6-5-7-19(14-17)16-27-9-11-28(12-10-27)21(22-8-13-29-4)23-15-20-25-24-18(2)26(20)3/h5-7,14H,8-13,15-16H2,1-4H3,(H,22,23). The van der Waals surface area contributed by atoms with Crippen molar-refractivity contribution in [3.8, 4) is 0 Å². The molecule has 2 aromatic rings. The van der Waals surface area contributed by atoms with Gasteiger partial charge in [-0.1, -0.05) is 29.8 Å². The molecule has 1 aromatic carbocycles. The van der Waals surface area contributed by atoms with Crippen LogP contribution in [-0.4, -0.2) is 77.0 Å². The van der Waals surface area contributed by atoms with Crippen molar-refractivity contribution in [2.75, 3.05) is 46.4 Å². The summed E-state index contributed by atoms with van der Waals surface area (Å²) in [6.07, 6.45) is 0. The Morgan fingerprint density at radius 1 is 1.17 bits per heavy atom. The molecule has 1 aliphatic heterocycles. The summed E-state index contributed by atoms with van der Waals surface area (Å²) < 4.78 is 7.17. The lowest BCUT2D eigenvalue weighted by Gasteiger charge is -2.36. The van der Waals surface area contributed by atoms with E-state index in [-0.39, 0.29) is 0 Å². The largest absolute Gasteiger partial charge is 0.383 e. The Morgan fingerprint density at radius 3 is 2.62 bits per heavy atom. The van der Waals surface area contributed by atoms with Crippen molar-refractivity contribution in [1.29, 1.82) is 0 Å².